The molecule has 1 N–H and O–H groups in total. The average molecular weight is 440 g/mol. The first-order chi connectivity index (χ1) is 15.7. The summed E-state index contributed by atoms with van der Waals surface area (Å²) >= 11 is 0. The van der Waals surface area contributed by atoms with Crippen molar-refractivity contribution in [2.24, 2.45) is 5.92 Å². The number of aliphatic hydroxyl groups is 1. The third-order valence-corrected chi connectivity index (χ3v) is 6.69. The molecule has 1 aliphatic heterocycles. The van der Waals surface area contributed by atoms with E-state index in [-0.39, 0.29) is 18.1 Å². The van der Waals surface area contributed by atoms with Crippen molar-refractivity contribution in [1.29, 1.82) is 0 Å². The standard InChI is InChI=1S/C26H33NO5/c1-30-22-5-2-4-21(16-22)20-9-7-19(8-10-20)18-32-25-17-24(29)26(23(25)6-3-13-28)27-11-14-31-15-12-27/h2,4-5,7-10,13,16,23-26,29H,3,6,11-12,14-15,17-18H2,1H3/t23-,24+,25-,26+/m1/s1. The Labute approximate surface area is 190 Å². The minimum absolute atomic E-state index is 0.0271. The van der Waals surface area contributed by atoms with Gasteiger partial charge < -0.3 is 24.1 Å². The van der Waals surface area contributed by atoms with Gasteiger partial charge in [0, 0.05) is 37.9 Å². The topological polar surface area (TPSA) is 68.2 Å². The summed E-state index contributed by atoms with van der Waals surface area (Å²) < 4.78 is 17.1. The van der Waals surface area contributed by atoms with Crippen LogP contribution in [-0.2, 0) is 20.9 Å². The van der Waals surface area contributed by atoms with E-state index in [0.29, 0.717) is 32.7 Å². The number of aliphatic hydroxyl groups excluding tert-OH is 1. The molecule has 2 aromatic carbocycles. The molecule has 0 spiro atoms. The van der Waals surface area contributed by atoms with Crippen LogP contribution >= 0.6 is 0 Å². The van der Waals surface area contributed by atoms with Gasteiger partial charge in [-0.25, -0.2) is 0 Å². The quantitative estimate of drug-likeness (QED) is 0.605. The van der Waals surface area contributed by atoms with Crippen molar-refractivity contribution >= 4 is 6.29 Å². The van der Waals surface area contributed by atoms with E-state index in [0.717, 1.165) is 48.2 Å². The number of hydrogen-bond acceptors (Lipinski definition) is 6. The van der Waals surface area contributed by atoms with E-state index in [1.807, 2.05) is 18.2 Å². The zero-order chi connectivity index (χ0) is 22.3. The predicted octanol–water partition coefficient (Wildman–Crippen LogP) is 3.31. The first kappa shape index (κ1) is 22.9. The normalized spacial score (nSPS) is 26.2. The average Bonchev–Trinajstić information content (AvgIpc) is 3.17. The number of rotatable bonds is 9. The van der Waals surface area contributed by atoms with Crippen LogP contribution in [0.2, 0.25) is 0 Å². The summed E-state index contributed by atoms with van der Waals surface area (Å²) in [6, 6.07) is 16.4. The fourth-order valence-electron chi connectivity index (χ4n) is 5.06. The highest BCUT2D eigenvalue weighted by Crippen LogP contribution is 2.37. The smallest absolute Gasteiger partial charge is 0.120 e. The third-order valence-electron chi connectivity index (χ3n) is 6.69. The Bertz CT molecular complexity index is 865. The lowest BCUT2D eigenvalue weighted by Crippen LogP contribution is -2.50. The molecule has 1 saturated carbocycles. The Balaban J connectivity index is 1.40. The zero-order valence-electron chi connectivity index (χ0n) is 18.7. The van der Waals surface area contributed by atoms with Gasteiger partial charge in [-0.05, 0) is 35.2 Å². The molecule has 0 aromatic heterocycles. The van der Waals surface area contributed by atoms with E-state index in [2.05, 4.69) is 35.2 Å². The molecule has 6 heteroatoms. The Morgan fingerprint density at radius 2 is 1.91 bits per heavy atom. The molecular formula is C26H33NO5. The SMILES string of the molecule is COc1cccc(-c2ccc(CO[C@@H]3C[C@H](O)[C@@H](N4CCOCC4)[C@@H]3CCC=O)cc2)c1. The largest absolute Gasteiger partial charge is 0.497 e. The summed E-state index contributed by atoms with van der Waals surface area (Å²) in [7, 11) is 1.67. The Hall–Kier alpha value is -2.25. The summed E-state index contributed by atoms with van der Waals surface area (Å²) in [6.45, 7) is 3.50. The number of ether oxygens (including phenoxy) is 3. The third kappa shape index (κ3) is 5.38. The number of hydrogen-bond donors (Lipinski definition) is 1. The molecule has 4 rings (SSSR count). The fourth-order valence-corrected chi connectivity index (χ4v) is 5.06. The van der Waals surface area contributed by atoms with E-state index >= 15 is 0 Å². The van der Waals surface area contributed by atoms with E-state index < -0.39 is 6.10 Å². The molecule has 32 heavy (non-hydrogen) atoms. The lowest BCUT2D eigenvalue weighted by Gasteiger charge is -2.37. The van der Waals surface area contributed by atoms with Crippen molar-refractivity contribution in [3.63, 3.8) is 0 Å². The molecule has 0 radical (unpaired) electrons. The van der Waals surface area contributed by atoms with Gasteiger partial charge in [0.05, 0.1) is 39.1 Å². The van der Waals surface area contributed by atoms with Gasteiger partial charge in [0.1, 0.15) is 12.0 Å². The van der Waals surface area contributed by atoms with E-state index in [9.17, 15) is 9.90 Å². The number of methoxy groups -OCH3 is 1. The monoisotopic (exact) mass is 439 g/mol. The number of carbonyl (C=O) groups excluding carboxylic acids is 1. The van der Waals surface area contributed by atoms with Gasteiger partial charge in [-0.3, -0.25) is 4.90 Å². The molecule has 6 nitrogen and oxygen atoms in total. The van der Waals surface area contributed by atoms with Crippen LogP contribution < -0.4 is 4.74 Å². The van der Waals surface area contributed by atoms with Crippen molar-refractivity contribution in [3.05, 3.63) is 54.1 Å². The zero-order valence-corrected chi connectivity index (χ0v) is 18.7. The van der Waals surface area contributed by atoms with Gasteiger partial charge in [-0.2, -0.15) is 0 Å². The van der Waals surface area contributed by atoms with Crippen LogP contribution in [0.15, 0.2) is 48.5 Å². The molecular weight excluding hydrogens is 406 g/mol. The van der Waals surface area contributed by atoms with Crippen molar-refractivity contribution in [1.82, 2.24) is 4.90 Å². The van der Waals surface area contributed by atoms with Crippen LogP contribution in [-0.4, -0.2) is 68.0 Å². The number of nitrogens with zero attached hydrogens (tertiary/aromatic N) is 1. The highest BCUT2D eigenvalue weighted by atomic mass is 16.5. The van der Waals surface area contributed by atoms with Crippen LogP contribution in [0.3, 0.4) is 0 Å². The summed E-state index contributed by atoms with van der Waals surface area (Å²) in [5.41, 5.74) is 3.33. The minimum Gasteiger partial charge on any atom is -0.497 e. The second-order valence-corrected chi connectivity index (χ2v) is 8.63. The molecule has 4 atom stereocenters. The van der Waals surface area contributed by atoms with Crippen molar-refractivity contribution in [2.45, 2.75) is 44.1 Å². The first-order valence-corrected chi connectivity index (χ1v) is 11.5. The highest BCUT2D eigenvalue weighted by molar-refractivity contribution is 5.65. The first-order valence-electron chi connectivity index (χ1n) is 11.5. The van der Waals surface area contributed by atoms with Gasteiger partial charge in [-0.15, -0.1) is 0 Å². The number of morpholine rings is 1. The maximum atomic E-state index is 11.1. The Morgan fingerprint density at radius 3 is 2.62 bits per heavy atom. The van der Waals surface area contributed by atoms with Crippen LogP contribution in [0.5, 0.6) is 5.75 Å². The number of carbonyl (C=O) groups is 1. The van der Waals surface area contributed by atoms with Gasteiger partial charge in [-0.1, -0.05) is 36.4 Å². The molecule has 0 unspecified atom stereocenters. The molecule has 0 amide bonds. The van der Waals surface area contributed by atoms with Gasteiger partial charge in [0.2, 0.25) is 0 Å². The van der Waals surface area contributed by atoms with Crippen molar-refractivity contribution < 1.29 is 24.1 Å². The van der Waals surface area contributed by atoms with E-state index in [1.54, 1.807) is 7.11 Å². The lowest BCUT2D eigenvalue weighted by molar-refractivity contribution is -0.108. The van der Waals surface area contributed by atoms with Crippen molar-refractivity contribution in [2.75, 3.05) is 33.4 Å². The van der Waals surface area contributed by atoms with Crippen LogP contribution in [0, 0.1) is 5.92 Å². The van der Waals surface area contributed by atoms with Crippen LogP contribution in [0.25, 0.3) is 11.1 Å². The summed E-state index contributed by atoms with van der Waals surface area (Å²) in [4.78, 5) is 13.4. The molecule has 0 bridgehead atoms. The number of aldehydes is 1. The lowest BCUT2D eigenvalue weighted by atomic mass is 9.94. The van der Waals surface area contributed by atoms with Gasteiger partial charge in [0.25, 0.3) is 0 Å². The Morgan fingerprint density at radius 1 is 1.12 bits per heavy atom. The second kappa shape index (κ2) is 11.1. The summed E-state index contributed by atoms with van der Waals surface area (Å²) in [5, 5.41) is 10.8. The van der Waals surface area contributed by atoms with Gasteiger partial charge >= 0.3 is 0 Å². The summed E-state index contributed by atoms with van der Waals surface area (Å²) in [5.74, 6) is 0.982. The Kier molecular flexibility index (Phi) is 7.92. The molecule has 1 saturated heterocycles. The minimum atomic E-state index is -0.440. The van der Waals surface area contributed by atoms with Gasteiger partial charge in [0.15, 0.2) is 0 Å². The fraction of sp³-hybridized carbons (Fsp3) is 0.500. The van der Waals surface area contributed by atoms with Crippen molar-refractivity contribution in [3.8, 4) is 16.9 Å². The predicted molar refractivity (Wildman–Crippen MR) is 123 cm³/mol. The van der Waals surface area contributed by atoms with E-state index in [4.69, 9.17) is 14.2 Å². The second-order valence-electron chi connectivity index (χ2n) is 8.63. The molecule has 2 aliphatic rings. The molecule has 2 fully saturated rings. The molecule has 172 valence electrons. The molecule has 1 aliphatic carbocycles. The van der Waals surface area contributed by atoms with E-state index in [1.165, 1.54) is 0 Å². The van der Waals surface area contributed by atoms with Crippen LogP contribution in [0.4, 0.5) is 0 Å². The number of benzene rings is 2. The highest BCUT2D eigenvalue weighted by Gasteiger charge is 2.45. The maximum absolute atomic E-state index is 11.1. The summed E-state index contributed by atoms with van der Waals surface area (Å²) in [6.07, 6.45) is 2.30. The molecule has 2 aromatic rings. The van der Waals surface area contributed by atoms with Crippen LogP contribution in [0.1, 0.15) is 24.8 Å². The molecule has 1 heterocycles. The maximum Gasteiger partial charge on any atom is 0.120 e.